The van der Waals surface area contributed by atoms with Gasteiger partial charge in [0.1, 0.15) is 18.1 Å². The second kappa shape index (κ2) is 11.2. The first-order valence-electron chi connectivity index (χ1n) is 10.4. The number of rotatable bonds is 11. The van der Waals surface area contributed by atoms with Crippen LogP contribution >= 0.6 is 0 Å². The summed E-state index contributed by atoms with van der Waals surface area (Å²) in [6, 6.07) is 19.5. The van der Waals surface area contributed by atoms with Crippen molar-refractivity contribution in [2.45, 2.75) is 12.7 Å². The van der Waals surface area contributed by atoms with Gasteiger partial charge in [-0.1, -0.05) is 42.5 Å². The Morgan fingerprint density at radius 3 is 2.45 bits per heavy atom. The Morgan fingerprint density at radius 2 is 1.76 bits per heavy atom. The van der Waals surface area contributed by atoms with E-state index >= 15 is 0 Å². The molecular weight excluding hydrogens is 444 g/mol. The first-order valence-corrected chi connectivity index (χ1v) is 12.3. The molecule has 0 aliphatic heterocycles. The van der Waals surface area contributed by atoms with Crippen molar-refractivity contribution in [3.05, 3.63) is 77.9 Å². The maximum atomic E-state index is 11.4. The van der Waals surface area contributed by atoms with Crippen LogP contribution in [-0.2, 0) is 16.6 Å². The third-order valence-corrected chi connectivity index (χ3v) is 5.53. The van der Waals surface area contributed by atoms with Crippen molar-refractivity contribution < 1.29 is 28.5 Å². The van der Waals surface area contributed by atoms with Gasteiger partial charge in [0.05, 0.1) is 24.7 Å². The van der Waals surface area contributed by atoms with Gasteiger partial charge in [-0.3, -0.25) is 4.72 Å². The van der Waals surface area contributed by atoms with E-state index in [1.54, 1.807) is 0 Å². The van der Waals surface area contributed by atoms with Gasteiger partial charge in [-0.15, -0.1) is 0 Å². The first-order chi connectivity index (χ1) is 15.8. The van der Waals surface area contributed by atoms with Gasteiger partial charge < -0.3 is 25.4 Å². The van der Waals surface area contributed by atoms with E-state index in [9.17, 15) is 23.7 Å². The van der Waals surface area contributed by atoms with Crippen LogP contribution in [0.1, 0.15) is 17.2 Å². The highest BCUT2D eigenvalue weighted by atomic mass is 32.2. The maximum absolute atomic E-state index is 11.4. The lowest BCUT2D eigenvalue weighted by Crippen LogP contribution is -2.26. The predicted molar refractivity (Wildman–Crippen MR) is 128 cm³/mol. The number of hydrogen-bond acceptors (Lipinski definition) is 7. The number of nitrogens with one attached hydrogen (secondary N) is 2. The maximum Gasteiger partial charge on any atom is 0.229 e. The van der Waals surface area contributed by atoms with Crippen molar-refractivity contribution in [3.63, 3.8) is 0 Å². The topological polar surface area (TPSA) is 128 Å². The molecule has 33 heavy (non-hydrogen) atoms. The van der Waals surface area contributed by atoms with Gasteiger partial charge in [0, 0.05) is 13.1 Å². The summed E-state index contributed by atoms with van der Waals surface area (Å²) in [5.41, 5.74) is 3.31. The van der Waals surface area contributed by atoms with Gasteiger partial charge in [-0.25, -0.2) is 8.42 Å². The second-order valence-electron chi connectivity index (χ2n) is 7.56. The Labute approximate surface area is 193 Å². The summed E-state index contributed by atoms with van der Waals surface area (Å²) < 4.78 is 30.7. The quantitative estimate of drug-likeness (QED) is 0.214. The Hall–Kier alpha value is -3.11. The van der Waals surface area contributed by atoms with E-state index < -0.39 is 16.1 Å². The van der Waals surface area contributed by atoms with Crippen LogP contribution < -0.4 is 14.8 Å². The highest BCUT2D eigenvalue weighted by molar-refractivity contribution is 7.92. The molecule has 0 spiro atoms. The molecule has 3 rings (SSSR count). The first kappa shape index (κ1) is 24.5. The number of anilines is 1. The molecule has 0 bridgehead atoms. The van der Waals surface area contributed by atoms with E-state index in [1.165, 1.54) is 18.2 Å². The zero-order valence-electron chi connectivity index (χ0n) is 18.2. The molecule has 0 aromatic heterocycles. The smallest absolute Gasteiger partial charge is 0.229 e. The lowest BCUT2D eigenvalue weighted by Gasteiger charge is -2.15. The molecule has 1 atom stereocenters. The molecule has 0 fully saturated rings. The number of aliphatic hydroxyl groups excluding tert-OH is 2. The summed E-state index contributed by atoms with van der Waals surface area (Å²) >= 11 is 0. The molecule has 0 unspecified atom stereocenters. The number of phenolic OH excluding ortho intramolecular Hbond substituents is 1. The Morgan fingerprint density at radius 1 is 1.03 bits per heavy atom. The summed E-state index contributed by atoms with van der Waals surface area (Å²) in [5.74, 6) is 0.487. The Bertz CT molecular complexity index is 1170. The van der Waals surface area contributed by atoms with Crippen molar-refractivity contribution >= 4 is 15.7 Å². The van der Waals surface area contributed by atoms with E-state index in [2.05, 4.69) is 10.0 Å². The standard InChI is InChI=1S/C24H28N2O6S/c1-33(30,31)26-22-14-18(8-11-23(22)28)24(29)15-25-12-13-32-20-9-6-17(7-10-20)21-5-3-2-4-19(21)16-27/h2-11,14,24-29H,12-13,15-16H2,1H3/t24-/m0/s1. The molecule has 3 aromatic rings. The van der Waals surface area contributed by atoms with Crippen molar-refractivity contribution in [1.29, 1.82) is 0 Å². The van der Waals surface area contributed by atoms with Crippen LogP contribution in [0.4, 0.5) is 5.69 Å². The summed E-state index contributed by atoms with van der Waals surface area (Å²) in [7, 11) is -3.55. The number of aliphatic hydroxyl groups is 2. The Kier molecular flexibility index (Phi) is 8.29. The number of aromatic hydroxyl groups is 1. The minimum Gasteiger partial charge on any atom is -0.506 e. The number of sulfonamides is 1. The van der Waals surface area contributed by atoms with Crippen LogP contribution in [0, 0.1) is 0 Å². The molecule has 176 valence electrons. The highest BCUT2D eigenvalue weighted by Gasteiger charge is 2.13. The molecule has 0 amide bonds. The fourth-order valence-electron chi connectivity index (χ4n) is 3.31. The van der Waals surface area contributed by atoms with Gasteiger partial charge in [0.25, 0.3) is 0 Å². The number of ether oxygens (including phenoxy) is 1. The molecule has 3 aromatic carbocycles. The van der Waals surface area contributed by atoms with Gasteiger partial charge in [-0.05, 0) is 46.5 Å². The third kappa shape index (κ3) is 7.19. The monoisotopic (exact) mass is 472 g/mol. The zero-order chi connectivity index (χ0) is 23.8. The van der Waals surface area contributed by atoms with Gasteiger partial charge in [-0.2, -0.15) is 0 Å². The van der Waals surface area contributed by atoms with Gasteiger partial charge in [0.15, 0.2) is 0 Å². The molecule has 0 aliphatic carbocycles. The van der Waals surface area contributed by atoms with Gasteiger partial charge in [0.2, 0.25) is 10.0 Å². The molecule has 0 saturated heterocycles. The third-order valence-electron chi connectivity index (χ3n) is 4.94. The van der Waals surface area contributed by atoms with E-state index in [-0.39, 0.29) is 24.6 Å². The zero-order valence-corrected chi connectivity index (χ0v) is 19.0. The number of phenols is 1. The lowest BCUT2D eigenvalue weighted by atomic mass is 10.0. The van der Waals surface area contributed by atoms with E-state index in [0.29, 0.717) is 24.5 Å². The summed E-state index contributed by atoms with van der Waals surface area (Å²) in [6.07, 6.45) is 0.0927. The van der Waals surface area contributed by atoms with Crippen molar-refractivity contribution in [3.8, 4) is 22.6 Å². The molecule has 0 heterocycles. The predicted octanol–water partition coefficient (Wildman–Crippen LogP) is 2.63. The molecular formula is C24H28N2O6S. The number of hydrogen-bond donors (Lipinski definition) is 5. The fourth-order valence-corrected chi connectivity index (χ4v) is 3.87. The van der Waals surface area contributed by atoms with Crippen LogP contribution in [-0.4, -0.2) is 49.7 Å². The minimum absolute atomic E-state index is 0.0162. The van der Waals surface area contributed by atoms with Crippen LogP contribution in [0.2, 0.25) is 0 Å². The van der Waals surface area contributed by atoms with Crippen molar-refractivity contribution in [1.82, 2.24) is 5.32 Å². The summed E-state index contributed by atoms with van der Waals surface area (Å²) in [6.45, 7) is 1.07. The summed E-state index contributed by atoms with van der Waals surface area (Å²) in [5, 5.41) is 32.7. The van der Waals surface area contributed by atoms with E-state index in [1.807, 2.05) is 48.5 Å². The molecule has 0 radical (unpaired) electrons. The SMILES string of the molecule is CS(=O)(=O)Nc1cc([C@@H](O)CNCCOc2ccc(-c3ccccc3CO)cc2)ccc1O. The van der Waals surface area contributed by atoms with Crippen molar-refractivity contribution in [2.24, 2.45) is 0 Å². The molecule has 8 nitrogen and oxygen atoms in total. The summed E-state index contributed by atoms with van der Waals surface area (Å²) in [4.78, 5) is 0. The highest BCUT2D eigenvalue weighted by Crippen LogP contribution is 2.28. The van der Waals surface area contributed by atoms with Crippen molar-refractivity contribution in [2.75, 3.05) is 30.7 Å². The van der Waals surface area contributed by atoms with Crippen LogP contribution in [0.15, 0.2) is 66.7 Å². The van der Waals surface area contributed by atoms with Crippen LogP contribution in [0.25, 0.3) is 11.1 Å². The minimum atomic E-state index is -3.55. The van der Waals surface area contributed by atoms with E-state index in [4.69, 9.17) is 4.74 Å². The normalized spacial score (nSPS) is 12.3. The molecule has 0 saturated carbocycles. The van der Waals surface area contributed by atoms with Crippen LogP contribution in [0.5, 0.6) is 11.5 Å². The lowest BCUT2D eigenvalue weighted by molar-refractivity contribution is 0.172. The molecule has 9 heteroatoms. The second-order valence-corrected chi connectivity index (χ2v) is 9.31. The van der Waals surface area contributed by atoms with Crippen LogP contribution in [0.3, 0.4) is 0 Å². The molecule has 0 aliphatic rings. The average Bonchev–Trinajstić information content (AvgIpc) is 2.79. The molecule has 5 N–H and O–H groups in total. The fraction of sp³-hybridized carbons (Fsp3) is 0.250. The average molecular weight is 473 g/mol. The Balaban J connectivity index is 1.46. The van der Waals surface area contributed by atoms with E-state index in [0.717, 1.165) is 22.9 Å². The largest absolute Gasteiger partial charge is 0.506 e. The van der Waals surface area contributed by atoms with Gasteiger partial charge >= 0.3 is 0 Å². The number of benzene rings is 3.